The van der Waals surface area contributed by atoms with E-state index >= 15 is 0 Å². The molecule has 0 aliphatic carbocycles. The maximum Gasteiger partial charge on any atom is 0.253 e. The molecule has 2 aliphatic heterocycles. The molecule has 3 rings (SSSR count). The van der Waals surface area contributed by atoms with Gasteiger partial charge in [-0.2, -0.15) is 0 Å². The van der Waals surface area contributed by atoms with Crippen LogP contribution in [0.4, 0.5) is 5.69 Å². The molecule has 1 aromatic carbocycles. The molecule has 0 saturated carbocycles. The molecule has 0 spiro atoms. The minimum absolute atomic E-state index is 0.0801. The lowest BCUT2D eigenvalue weighted by Crippen LogP contribution is -2.29. The van der Waals surface area contributed by atoms with E-state index in [1.54, 1.807) is 0 Å². The highest BCUT2D eigenvalue weighted by molar-refractivity contribution is 6.00. The number of nitrogens with one attached hydrogen (secondary N) is 2. The number of carbonyl (C=O) groups is 1. The van der Waals surface area contributed by atoms with E-state index in [-0.39, 0.29) is 5.91 Å². The van der Waals surface area contributed by atoms with E-state index < -0.39 is 0 Å². The number of hydrogen-bond donors (Lipinski definition) is 2. The maximum absolute atomic E-state index is 12.6. The van der Waals surface area contributed by atoms with E-state index in [2.05, 4.69) is 34.6 Å². The van der Waals surface area contributed by atoms with Crippen LogP contribution in [0.15, 0.2) is 18.2 Å². The highest BCUT2D eigenvalue weighted by Gasteiger charge is 2.20. The Morgan fingerprint density at radius 1 is 1.36 bits per heavy atom. The van der Waals surface area contributed by atoms with Gasteiger partial charge in [-0.3, -0.25) is 4.79 Å². The van der Waals surface area contributed by atoms with Crippen LogP contribution < -0.4 is 15.5 Å². The standard InChI is InChI=1S/C18H27N3O/c1-14-4-5-17(21-10-2-3-11-21)16(12-14)18(22)20-9-7-15-6-8-19-13-15/h4-5,12,15,19H,2-3,6-11,13H2,1H3,(H,20,22). The van der Waals surface area contributed by atoms with Gasteiger partial charge in [0.2, 0.25) is 0 Å². The Balaban J connectivity index is 1.63. The van der Waals surface area contributed by atoms with Crippen molar-refractivity contribution in [2.75, 3.05) is 37.6 Å². The summed E-state index contributed by atoms with van der Waals surface area (Å²) in [7, 11) is 0. The highest BCUT2D eigenvalue weighted by Crippen LogP contribution is 2.25. The fourth-order valence-electron chi connectivity index (χ4n) is 3.51. The fraction of sp³-hybridized carbons (Fsp3) is 0.611. The van der Waals surface area contributed by atoms with E-state index in [0.29, 0.717) is 0 Å². The van der Waals surface area contributed by atoms with Crippen molar-refractivity contribution >= 4 is 11.6 Å². The fourth-order valence-corrected chi connectivity index (χ4v) is 3.51. The van der Waals surface area contributed by atoms with Gasteiger partial charge >= 0.3 is 0 Å². The average molecular weight is 301 g/mol. The molecular weight excluding hydrogens is 274 g/mol. The predicted molar refractivity (Wildman–Crippen MR) is 90.6 cm³/mol. The number of aryl methyl sites for hydroxylation is 1. The highest BCUT2D eigenvalue weighted by atomic mass is 16.1. The summed E-state index contributed by atoms with van der Waals surface area (Å²) in [4.78, 5) is 14.9. The summed E-state index contributed by atoms with van der Waals surface area (Å²) in [6, 6.07) is 6.24. The molecule has 120 valence electrons. The van der Waals surface area contributed by atoms with Crippen LogP contribution in [0.25, 0.3) is 0 Å². The van der Waals surface area contributed by atoms with Gasteiger partial charge in [-0.1, -0.05) is 11.6 Å². The summed E-state index contributed by atoms with van der Waals surface area (Å²) >= 11 is 0. The van der Waals surface area contributed by atoms with Crippen LogP contribution in [0.1, 0.15) is 41.6 Å². The van der Waals surface area contributed by atoms with E-state index in [1.807, 2.05) is 6.07 Å². The minimum Gasteiger partial charge on any atom is -0.371 e. The lowest BCUT2D eigenvalue weighted by Gasteiger charge is -2.21. The summed E-state index contributed by atoms with van der Waals surface area (Å²) in [6.45, 7) is 7.18. The minimum atomic E-state index is 0.0801. The van der Waals surface area contributed by atoms with Gasteiger partial charge in [-0.25, -0.2) is 0 Å². The van der Waals surface area contributed by atoms with Crippen LogP contribution in [-0.4, -0.2) is 38.6 Å². The Morgan fingerprint density at radius 2 is 2.18 bits per heavy atom. The van der Waals surface area contributed by atoms with Crippen LogP contribution in [-0.2, 0) is 0 Å². The van der Waals surface area contributed by atoms with Crippen molar-refractivity contribution in [1.29, 1.82) is 0 Å². The third-order valence-corrected chi connectivity index (χ3v) is 4.84. The van der Waals surface area contributed by atoms with Crippen LogP contribution in [0.2, 0.25) is 0 Å². The zero-order chi connectivity index (χ0) is 15.4. The van der Waals surface area contributed by atoms with Crippen molar-refractivity contribution in [1.82, 2.24) is 10.6 Å². The SMILES string of the molecule is Cc1ccc(N2CCCC2)c(C(=O)NCCC2CCNC2)c1. The summed E-state index contributed by atoms with van der Waals surface area (Å²) in [5.41, 5.74) is 3.09. The molecule has 22 heavy (non-hydrogen) atoms. The van der Waals surface area contributed by atoms with Crippen LogP contribution in [0, 0.1) is 12.8 Å². The Labute approximate surface area is 133 Å². The summed E-state index contributed by atoms with van der Waals surface area (Å²) in [5, 5.41) is 6.50. The first-order valence-electron chi connectivity index (χ1n) is 8.58. The van der Waals surface area contributed by atoms with E-state index in [0.717, 1.165) is 61.9 Å². The molecule has 0 bridgehead atoms. The zero-order valence-corrected chi connectivity index (χ0v) is 13.5. The maximum atomic E-state index is 12.6. The molecule has 0 aromatic heterocycles. The van der Waals surface area contributed by atoms with Crippen molar-refractivity contribution in [3.05, 3.63) is 29.3 Å². The molecule has 2 fully saturated rings. The lowest BCUT2D eigenvalue weighted by molar-refractivity contribution is 0.0952. The lowest BCUT2D eigenvalue weighted by atomic mass is 10.0. The number of anilines is 1. The number of amides is 1. The van der Waals surface area contributed by atoms with E-state index in [1.165, 1.54) is 19.3 Å². The quantitative estimate of drug-likeness (QED) is 0.877. The molecule has 2 saturated heterocycles. The van der Waals surface area contributed by atoms with E-state index in [9.17, 15) is 4.79 Å². The van der Waals surface area contributed by atoms with Gasteiger partial charge < -0.3 is 15.5 Å². The number of benzene rings is 1. The Bertz CT molecular complexity index is 517. The molecule has 0 radical (unpaired) electrons. The second-order valence-electron chi connectivity index (χ2n) is 6.62. The third-order valence-electron chi connectivity index (χ3n) is 4.84. The molecule has 4 heteroatoms. The molecule has 1 atom stereocenters. The monoisotopic (exact) mass is 301 g/mol. The van der Waals surface area contributed by atoms with Crippen molar-refractivity contribution in [2.24, 2.45) is 5.92 Å². The summed E-state index contributed by atoms with van der Waals surface area (Å²) in [5.74, 6) is 0.799. The number of hydrogen-bond acceptors (Lipinski definition) is 3. The van der Waals surface area contributed by atoms with Crippen LogP contribution in [0.3, 0.4) is 0 Å². The van der Waals surface area contributed by atoms with Crippen molar-refractivity contribution < 1.29 is 4.79 Å². The Morgan fingerprint density at radius 3 is 2.91 bits per heavy atom. The first kappa shape index (κ1) is 15.3. The molecule has 2 heterocycles. The van der Waals surface area contributed by atoms with Crippen molar-refractivity contribution in [3.63, 3.8) is 0 Å². The first-order valence-corrected chi connectivity index (χ1v) is 8.58. The molecule has 2 aliphatic rings. The molecule has 2 N–H and O–H groups in total. The average Bonchev–Trinajstić information content (AvgIpc) is 3.20. The van der Waals surface area contributed by atoms with Gasteiger partial charge in [-0.15, -0.1) is 0 Å². The zero-order valence-electron chi connectivity index (χ0n) is 13.5. The number of nitrogens with zero attached hydrogens (tertiary/aromatic N) is 1. The smallest absolute Gasteiger partial charge is 0.253 e. The summed E-state index contributed by atoms with van der Waals surface area (Å²) < 4.78 is 0. The third kappa shape index (κ3) is 3.61. The van der Waals surface area contributed by atoms with Crippen LogP contribution >= 0.6 is 0 Å². The first-order chi connectivity index (χ1) is 10.7. The van der Waals surface area contributed by atoms with Gasteiger partial charge in [0.1, 0.15) is 0 Å². The van der Waals surface area contributed by atoms with E-state index in [4.69, 9.17) is 0 Å². The largest absolute Gasteiger partial charge is 0.371 e. The Kier molecular flexibility index (Phi) is 4.98. The number of rotatable bonds is 5. The number of carbonyl (C=O) groups excluding carboxylic acids is 1. The molecule has 4 nitrogen and oxygen atoms in total. The Hall–Kier alpha value is -1.55. The molecule has 1 aromatic rings. The molecular formula is C18H27N3O. The molecule has 1 amide bonds. The van der Waals surface area contributed by atoms with Gasteiger partial charge in [0, 0.05) is 25.3 Å². The summed E-state index contributed by atoms with van der Waals surface area (Å²) in [6.07, 6.45) is 4.76. The van der Waals surface area contributed by atoms with Crippen molar-refractivity contribution in [3.8, 4) is 0 Å². The predicted octanol–water partition coefficient (Wildman–Crippen LogP) is 2.32. The second kappa shape index (κ2) is 7.14. The second-order valence-corrected chi connectivity index (χ2v) is 6.62. The molecule has 1 unspecified atom stereocenters. The van der Waals surface area contributed by atoms with Crippen LogP contribution in [0.5, 0.6) is 0 Å². The van der Waals surface area contributed by atoms with Crippen molar-refractivity contribution in [2.45, 2.75) is 32.6 Å². The van der Waals surface area contributed by atoms with Gasteiger partial charge in [0.25, 0.3) is 5.91 Å². The van der Waals surface area contributed by atoms with Gasteiger partial charge in [0.05, 0.1) is 5.56 Å². The van der Waals surface area contributed by atoms with Gasteiger partial charge in [-0.05, 0) is 63.7 Å². The normalized spacial score (nSPS) is 21.3. The topological polar surface area (TPSA) is 44.4 Å². The van der Waals surface area contributed by atoms with Gasteiger partial charge in [0.15, 0.2) is 0 Å².